The summed E-state index contributed by atoms with van der Waals surface area (Å²) < 4.78 is 3.81. The van der Waals surface area contributed by atoms with Crippen molar-refractivity contribution in [2.24, 2.45) is 11.3 Å². The van der Waals surface area contributed by atoms with E-state index in [-0.39, 0.29) is 30.2 Å². The van der Waals surface area contributed by atoms with Gasteiger partial charge in [-0.2, -0.15) is 0 Å². The molecule has 0 amide bonds. The predicted molar refractivity (Wildman–Crippen MR) is 223 cm³/mol. The molecular weight excluding hydrogens is 775 g/mol. The van der Waals surface area contributed by atoms with Gasteiger partial charge in [0.05, 0.1) is 0 Å². The number of allylic oxidation sites excluding steroid dienone is 4. The van der Waals surface area contributed by atoms with Crippen LogP contribution < -0.4 is 24.8 Å². The van der Waals surface area contributed by atoms with Gasteiger partial charge in [0.25, 0.3) is 0 Å². The van der Waals surface area contributed by atoms with E-state index in [4.69, 9.17) is 0 Å². The maximum Gasteiger partial charge on any atom is -1.00 e. The van der Waals surface area contributed by atoms with E-state index >= 15 is 0 Å². The van der Waals surface area contributed by atoms with Crippen molar-refractivity contribution in [3.8, 4) is 33.4 Å². The predicted octanol–water partition coefficient (Wildman–Crippen LogP) is 8.09. The fourth-order valence-electron chi connectivity index (χ4n) is 9.52. The summed E-state index contributed by atoms with van der Waals surface area (Å²) in [6.07, 6.45) is 7.78. The number of hydrogen-bond acceptors (Lipinski definition) is 0. The second-order valence-corrected chi connectivity index (χ2v) is 23.6. The number of aryl methyl sites for hydroxylation is 6. The van der Waals surface area contributed by atoms with Crippen LogP contribution in [0.1, 0.15) is 101 Å². The van der Waals surface area contributed by atoms with E-state index in [0.717, 1.165) is 0 Å². The first kappa shape index (κ1) is 42.1. The molecule has 3 heteroatoms. The van der Waals surface area contributed by atoms with Crippen LogP contribution >= 0.6 is 0 Å². The quantitative estimate of drug-likeness (QED) is 0.156. The zero-order valence-electron chi connectivity index (χ0n) is 34.1. The molecule has 0 saturated carbocycles. The van der Waals surface area contributed by atoms with Crippen molar-refractivity contribution in [1.82, 2.24) is 0 Å². The summed E-state index contributed by atoms with van der Waals surface area (Å²) in [5.74, 6) is 0.509. The maximum atomic E-state index is 2.70. The summed E-state index contributed by atoms with van der Waals surface area (Å²) in [6, 6.07) is 35.8. The average Bonchev–Trinajstić information content (AvgIpc) is 3.64. The number of halogens is 2. The minimum atomic E-state index is -2.78. The van der Waals surface area contributed by atoms with Gasteiger partial charge >= 0.3 is 324 Å². The number of rotatable bonds is 7. The Hall–Kier alpha value is -3.09. The van der Waals surface area contributed by atoms with Crippen LogP contribution in [-0.4, -0.2) is 3.21 Å². The molecule has 0 bridgehead atoms. The van der Waals surface area contributed by atoms with E-state index in [0.29, 0.717) is 9.54 Å². The van der Waals surface area contributed by atoms with Gasteiger partial charge in [-0.05, 0) is 0 Å². The van der Waals surface area contributed by atoms with Gasteiger partial charge in [-0.1, -0.05) is 0 Å². The molecule has 0 fully saturated rings. The minimum Gasteiger partial charge on any atom is -1.00 e. The maximum absolute atomic E-state index is 2.78. The standard InChI is InChI=1S/C31H29.C12H19.C8H8.2ClH.Zr/c1-18-11-20(3)30(21(4)12-18)24-7-9-28-26(15-24)17-27-16-25(8-10-29(27)28)31-22(5)13-19(2)14-23(31)6;1-5-6-10-7-8-11(9-10)12(2,3)4;1-2-8-6-4-3-5-7-8;;;/h7-17H,1-6H3;8-10H,5-6H2,1-4H3;3-7H,1H3;2*1H;/q;;;;;+2/p-2. The van der Waals surface area contributed by atoms with Crippen LogP contribution in [0.3, 0.4) is 0 Å². The van der Waals surface area contributed by atoms with Crippen LogP contribution in [0.5, 0.6) is 0 Å². The summed E-state index contributed by atoms with van der Waals surface area (Å²) in [4.78, 5) is 0. The molecule has 0 radical (unpaired) electrons. The fraction of sp³-hybridized carbons (Fsp3) is 0.314. The normalized spacial score (nSPS) is 15.1. The largest absolute Gasteiger partial charge is 1.00 e. The molecule has 2 aliphatic rings. The van der Waals surface area contributed by atoms with Gasteiger partial charge in [0, 0.05) is 0 Å². The molecule has 5 aromatic rings. The minimum absolute atomic E-state index is 0. The van der Waals surface area contributed by atoms with Crippen LogP contribution in [0.25, 0.3) is 33.4 Å². The van der Waals surface area contributed by atoms with Crippen molar-refractivity contribution in [2.75, 3.05) is 0 Å². The molecule has 0 aromatic heterocycles. The molecule has 0 spiro atoms. The summed E-state index contributed by atoms with van der Waals surface area (Å²) in [7, 11) is 0. The molecule has 7 rings (SSSR count). The second kappa shape index (κ2) is 16.6. The molecule has 2 aliphatic carbocycles. The van der Waals surface area contributed by atoms with Gasteiger partial charge in [-0.25, -0.2) is 0 Å². The molecule has 1 atom stereocenters. The Morgan fingerprint density at radius 1 is 0.630 bits per heavy atom. The van der Waals surface area contributed by atoms with Crippen LogP contribution in [-0.2, 0) is 21.3 Å². The van der Waals surface area contributed by atoms with E-state index in [9.17, 15) is 0 Å². The molecule has 54 heavy (non-hydrogen) atoms. The summed E-state index contributed by atoms with van der Waals surface area (Å²) in [5, 5.41) is 0. The van der Waals surface area contributed by atoms with Crippen molar-refractivity contribution >= 4 is 3.21 Å². The fourth-order valence-corrected chi connectivity index (χ4v) is 18.7. The van der Waals surface area contributed by atoms with Crippen molar-refractivity contribution in [3.63, 3.8) is 0 Å². The van der Waals surface area contributed by atoms with Crippen molar-refractivity contribution in [3.05, 3.63) is 162 Å². The van der Waals surface area contributed by atoms with E-state index in [1.165, 1.54) is 90.7 Å². The zero-order valence-corrected chi connectivity index (χ0v) is 38.1. The molecule has 278 valence electrons. The molecule has 0 nitrogen and oxygen atoms in total. The van der Waals surface area contributed by atoms with E-state index in [2.05, 4.69) is 179 Å². The summed E-state index contributed by atoms with van der Waals surface area (Å²) in [6.45, 7) is 25.7. The van der Waals surface area contributed by atoms with Gasteiger partial charge in [-0.3, -0.25) is 0 Å². The van der Waals surface area contributed by atoms with Crippen LogP contribution in [0.15, 0.2) is 112 Å². The van der Waals surface area contributed by atoms with Crippen LogP contribution in [0, 0.1) is 52.9 Å². The Morgan fingerprint density at radius 2 is 1.09 bits per heavy atom. The topological polar surface area (TPSA) is 0 Å². The molecule has 5 aromatic carbocycles. The van der Waals surface area contributed by atoms with Gasteiger partial charge in [0.15, 0.2) is 0 Å². The van der Waals surface area contributed by atoms with E-state index in [1.807, 2.05) is 0 Å². The van der Waals surface area contributed by atoms with Gasteiger partial charge in [-0.15, -0.1) is 0 Å². The van der Waals surface area contributed by atoms with Crippen molar-refractivity contribution in [1.29, 1.82) is 0 Å². The van der Waals surface area contributed by atoms with Gasteiger partial charge in [0.1, 0.15) is 0 Å². The first-order valence-corrected chi connectivity index (χ1v) is 23.3. The zero-order chi connectivity index (χ0) is 37.1. The molecule has 1 unspecified atom stereocenters. The Balaban J connectivity index is 0.00000280. The Labute approximate surface area is 346 Å². The molecule has 0 heterocycles. The van der Waals surface area contributed by atoms with Crippen LogP contribution in [0.4, 0.5) is 0 Å². The molecule has 0 aliphatic heterocycles. The Bertz CT molecular complexity index is 2160. The van der Waals surface area contributed by atoms with E-state index in [1.54, 1.807) is 17.6 Å². The van der Waals surface area contributed by atoms with Crippen molar-refractivity contribution in [2.45, 2.75) is 92.6 Å². The molecule has 0 saturated heterocycles. The summed E-state index contributed by atoms with van der Waals surface area (Å²) >= 11 is -2.78. The van der Waals surface area contributed by atoms with Crippen molar-refractivity contribution < 1.29 is 46.1 Å². The number of benzene rings is 5. The van der Waals surface area contributed by atoms with Crippen LogP contribution in [0.2, 0.25) is 0 Å². The van der Waals surface area contributed by atoms with E-state index < -0.39 is 21.3 Å². The molecular formula is C51H56Cl2Zr. The third-order valence-corrected chi connectivity index (χ3v) is 20.2. The monoisotopic (exact) mass is 828 g/mol. The third-order valence-electron chi connectivity index (χ3n) is 11.7. The number of hydrogen-bond donors (Lipinski definition) is 0. The SMILES string of the molecule is CCCC1C=C(C(C)(C)C)C=[C]1/[Zr+2](=[C](/C)c1ccccc1)[CH]1c2cc(-c3c(C)cc(C)cc3C)ccc2-c2ccc(-c3c(C)cc(C)cc3C)cc21.[Cl-].[Cl-]. The molecule has 0 N–H and O–H groups in total. The third kappa shape index (κ3) is 7.81. The van der Waals surface area contributed by atoms with Gasteiger partial charge in [0.2, 0.25) is 0 Å². The second-order valence-electron chi connectivity index (χ2n) is 16.9. The first-order chi connectivity index (χ1) is 24.8. The van der Waals surface area contributed by atoms with Gasteiger partial charge < -0.3 is 24.8 Å². The number of fused-ring (bicyclic) bond motifs is 3. The average molecular weight is 831 g/mol. The smallest absolute Gasteiger partial charge is 1.00 e. The summed E-state index contributed by atoms with van der Waals surface area (Å²) in [5.41, 5.74) is 22.7. The Kier molecular flexibility index (Phi) is 12.9. The first-order valence-electron chi connectivity index (χ1n) is 19.4. The Morgan fingerprint density at radius 3 is 1.52 bits per heavy atom.